The molecule has 3 heterocycles. The lowest BCUT2D eigenvalue weighted by Gasteiger charge is -2.40. The monoisotopic (exact) mass is 319 g/mol. The second kappa shape index (κ2) is 6.24. The largest absolute Gasteiger partial charge is 0.375 e. The van der Waals surface area contributed by atoms with E-state index >= 15 is 0 Å². The lowest BCUT2D eigenvalue weighted by molar-refractivity contribution is -0.0727. The van der Waals surface area contributed by atoms with Crippen LogP contribution in [0.5, 0.6) is 0 Å². The van der Waals surface area contributed by atoms with E-state index < -0.39 is 0 Å². The summed E-state index contributed by atoms with van der Waals surface area (Å²) in [5.74, 6) is 1.55. The molecule has 2 unspecified atom stereocenters. The molecular formula is C17H25N3O3. The summed E-state index contributed by atoms with van der Waals surface area (Å²) in [4.78, 5) is 17.1. The average Bonchev–Trinajstić information content (AvgIpc) is 3.30. The summed E-state index contributed by atoms with van der Waals surface area (Å²) in [6.45, 7) is 6.39. The van der Waals surface area contributed by atoms with Crippen LogP contribution in [0.25, 0.3) is 0 Å². The lowest BCUT2D eigenvalue weighted by atomic mass is 10.0. The van der Waals surface area contributed by atoms with Crippen molar-refractivity contribution in [1.29, 1.82) is 0 Å². The van der Waals surface area contributed by atoms with E-state index in [1.165, 1.54) is 19.4 Å². The van der Waals surface area contributed by atoms with Gasteiger partial charge < -0.3 is 14.2 Å². The minimum atomic E-state index is -0.0192. The quantitative estimate of drug-likeness (QED) is 0.849. The smallest absolute Gasteiger partial charge is 0.276 e. The number of nitrogens with zero attached hydrogens (tertiary/aromatic N) is 3. The number of carbonyl (C=O) groups excluding carboxylic acids is 1. The van der Waals surface area contributed by atoms with Crippen molar-refractivity contribution >= 4 is 5.91 Å². The van der Waals surface area contributed by atoms with Crippen LogP contribution in [0.15, 0.2) is 10.6 Å². The summed E-state index contributed by atoms with van der Waals surface area (Å²) < 4.78 is 11.1. The van der Waals surface area contributed by atoms with Crippen LogP contribution in [-0.4, -0.2) is 65.8 Å². The highest BCUT2D eigenvalue weighted by Gasteiger charge is 2.38. The van der Waals surface area contributed by atoms with Gasteiger partial charge in [-0.3, -0.25) is 9.69 Å². The van der Waals surface area contributed by atoms with Gasteiger partial charge in [-0.2, -0.15) is 0 Å². The number of likely N-dealkylation sites (tertiary alicyclic amines) is 1. The zero-order chi connectivity index (χ0) is 15.8. The molecule has 0 N–H and O–H groups in total. The molecule has 0 aromatic carbocycles. The number of amides is 1. The summed E-state index contributed by atoms with van der Waals surface area (Å²) >= 11 is 0. The number of ether oxygens (including phenoxy) is 1. The molecule has 3 aliphatic rings. The first-order valence-electron chi connectivity index (χ1n) is 8.79. The van der Waals surface area contributed by atoms with Crippen molar-refractivity contribution in [3.05, 3.63) is 17.5 Å². The number of aryl methyl sites for hydroxylation is 1. The van der Waals surface area contributed by atoms with Gasteiger partial charge in [0.05, 0.1) is 12.7 Å². The van der Waals surface area contributed by atoms with Gasteiger partial charge >= 0.3 is 0 Å². The number of morpholine rings is 1. The van der Waals surface area contributed by atoms with Crippen LogP contribution in [0.1, 0.15) is 41.9 Å². The zero-order valence-corrected chi connectivity index (χ0v) is 13.7. The Morgan fingerprint density at radius 2 is 2.09 bits per heavy atom. The van der Waals surface area contributed by atoms with Crippen molar-refractivity contribution in [2.45, 2.75) is 44.8 Å². The molecule has 1 saturated carbocycles. The summed E-state index contributed by atoms with van der Waals surface area (Å²) in [6, 6.07) is 2.18. The molecule has 2 atom stereocenters. The highest BCUT2D eigenvalue weighted by molar-refractivity contribution is 5.92. The van der Waals surface area contributed by atoms with Crippen LogP contribution in [0.4, 0.5) is 0 Å². The van der Waals surface area contributed by atoms with Crippen molar-refractivity contribution in [2.75, 3.05) is 32.8 Å². The molecule has 0 bridgehead atoms. The fraction of sp³-hybridized carbons (Fsp3) is 0.765. The SMILES string of the molecule is Cc1cc(C(=O)N2CCC3OCCN(CC4CC4)C3CC2)no1. The van der Waals surface area contributed by atoms with Gasteiger partial charge in [0.2, 0.25) is 0 Å². The van der Waals surface area contributed by atoms with Crippen LogP contribution in [-0.2, 0) is 4.74 Å². The molecule has 0 spiro atoms. The minimum absolute atomic E-state index is 0.0192. The molecule has 6 nitrogen and oxygen atoms in total. The van der Waals surface area contributed by atoms with E-state index in [1.807, 2.05) is 11.8 Å². The number of carbonyl (C=O) groups is 1. The van der Waals surface area contributed by atoms with E-state index in [4.69, 9.17) is 9.26 Å². The number of rotatable bonds is 3. The lowest BCUT2D eigenvalue weighted by Crippen LogP contribution is -2.51. The molecular weight excluding hydrogens is 294 g/mol. The first kappa shape index (κ1) is 15.1. The van der Waals surface area contributed by atoms with Crippen molar-refractivity contribution in [3.63, 3.8) is 0 Å². The fourth-order valence-electron chi connectivity index (χ4n) is 3.85. The number of aromatic nitrogens is 1. The van der Waals surface area contributed by atoms with Crippen LogP contribution in [0.3, 0.4) is 0 Å². The predicted octanol–water partition coefficient (Wildman–Crippen LogP) is 1.70. The molecule has 1 amide bonds. The predicted molar refractivity (Wildman–Crippen MR) is 84.2 cm³/mol. The molecule has 1 aliphatic carbocycles. The van der Waals surface area contributed by atoms with Crippen molar-refractivity contribution in [3.8, 4) is 0 Å². The van der Waals surface area contributed by atoms with Crippen molar-refractivity contribution in [2.24, 2.45) is 5.92 Å². The van der Waals surface area contributed by atoms with Crippen LogP contribution in [0.2, 0.25) is 0 Å². The molecule has 23 heavy (non-hydrogen) atoms. The Bertz CT molecular complexity index is 569. The second-order valence-corrected chi connectivity index (χ2v) is 7.11. The van der Waals surface area contributed by atoms with E-state index in [-0.39, 0.29) is 12.0 Å². The normalized spacial score (nSPS) is 29.2. The van der Waals surface area contributed by atoms with Gasteiger partial charge in [0, 0.05) is 38.3 Å². The molecule has 0 radical (unpaired) electrons. The number of hydrogen-bond donors (Lipinski definition) is 0. The standard InChI is InChI=1S/C17H25N3O3/c1-12-10-14(18-23-12)17(21)19-6-4-15-16(5-7-19)22-9-8-20(15)11-13-2-3-13/h10,13,15-16H,2-9,11H2,1H3. The van der Waals surface area contributed by atoms with Gasteiger partial charge in [-0.15, -0.1) is 0 Å². The highest BCUT2D eigenvalue weighted by Crippen LogP contribution is 2.33. The molecule has 2 saturated heterocycles. The highest BCUT2D eigenvalue weighted by atomic mass is 16.5. The average molecular weight is 319 g/mol. The van der Waals surface area contributed by atoms with E-state index in [1.54, 1.807) is 6.07 Å². The Balaban J connectivity index is 1.43. The van der Waals surface area contributed by atoms with E-state index in [9.17, 15) is 4.79 Å². The van der Waals surface area contributed by atoms with Gasteiger partial charge in [-0.1, -0.05) is 5.16 Å². The first-order chi connectivity index (χ1) is 11.2. The third kappa shape index (κ3) is 3.28. The third-order valence-corrected chi connectivity index (χ3v) is 5.31. The van der Waals surface area contributed by atoms with Crippen LogP contribution in [0, 0.1) is 12.8 Å². The molecule has 1 aromatic rings. The molecule has 4 rings (SSSR count). The maximum atomic E-state index is 12.6. The minimum Gasteiger partial charge on any atom is -0.375 e. The van der Waals surface area contributed by atoms with Gasteiger partial charge in [-0.05, 0) is 38.5 Å². The van der Waals surface area contributed by atoms with E-state index in [0.29, 0.717) is 17.5 Å². The molecule has 3 fully saturated rings. The molecule has 2 aliphatic heterocycles. The fourth-order valence-corrected chi connectivity index (χ4v) is 3.85. The van der Waals surface area contributed by atoms with Gasteiger partial charge in [-0.25, -0.2) is 0 Å². The Kier molecular flexibility index (Phi) is 4.11. The second-order valence-electron chi connectivity index (χ2n) is 7.11. The molecule has 126 valence electrons. The van der Waals surface area contributed by atoms with Crippen LogP contribution < -0.4 is 0 Å². The van der Waals surface area contributed by atoms with E-state index in [0.717, 1.165) is 45.0 Å². The Morgan fingerprint density at radius 3 is 2.83 bits per heavy atom. The Labute approximate surface area is 136 Å². The van der Waals surface area contributed by atoms with Gasteiger partial charge in [0.25, 0.3) is 5.91 Å². The summed E-state index contributed by atoms with van der Waals surface area (Å²) in [7, 11) is 0. The Morgan fingerprint density at radius 1 is 1.26 bits per heavy atom. The van der Waals surface area contributed by atoms with E-state index in [2.05, 4.69) is 10.1 Å². The maximum Gasteiger partial charge on any atom is 0.276 e. The van der Waals surface area contributed by atoms with Crippen molar-refractivity contribution in [1.82, 2.24) is 15.0 Å². The zero-order valence-electron chi connectivity index (χ0n) is 13.7. The molecule has 1 aromatic heterocycles. The maximum absolute atomic E-state index is 12.6. The van der Waals surface area contributed by atoms with Gasteiger partial charge in [0.1, 0.15) is 5.76 Å². The first-order valence-corrected chi connectivity index (χ1v) is 8.79. The topological polar surface area (TPSA) is 58.8 Å². The number of hydrogen-bond acceptors (Lipinski definition) is 5. The van der Waals surface area contributed by atoms with Crippen LogP contribution >= 0.6 is 0 Å². The summed E-state index contributed by atoms with van der Waals surface area (Å²) in [6.07, 6.45) is 4.92. The number of fused-ring (bicyclic) bond motifs is 1. The van der Waals surface area contributed by atoms with Crippen molar-refractivity contribution < 1.29 is 14.1 Å². The summed E-state index contributed by atoms with van der Waals surface area (Å²) in [5, 5.41) is 3.87. The summed E-state index contributed by atoms with van der Waals surface area (Å²) in [5.41, 5.74) is 0.420. The third-order valence-electron chi connectivity index (χ3n) is 5.31. The molecule has 6 heteroatoms. The van der Waals surface area contributed by atoms with Gasteiger partial charge in [0.15, 0.2) is 5.69 Å². The Hall–Kier alpha value is -1.40.